The number of hydrogen-bond donors (Lipinski definition) is 0. The molecule has 0 N–H and O–H groups in total. The number of methoxy groups -OCH3 is 2. The quantitative estimate of drug-likeness (QED) is 0.609. The first-order valence-corrected chi connectivity index (χ1v) is 8.89. The molecule has 2 rings (SSSR count). The van der Waals surface area contributed by atoms with Gasteiger partial charge in [-0.2, -0.15) is 0 Å². The molecular formula is C22H30O4. The molecule has 26 heavy (non-hydrogen) atoms. The molecule has 0 heterocycles. The Morgan fingerprint density at radius 2 is 1.62 bits per heavy atom. The van der Waals surface area contributed by atoms with Crippen molar-refractivity contribution in [1.82, 2.24) is 0 Å². The van der Waals surface area contributed by atoms with Gasteiger partial charge in [-0.15, -0.1) is 0 Å². The van der Waals surface area contributed by atoms with Gasteiger partial charge in [0.25, 0.3) is 0 Å². The zero-order chi connectivity index (χ0) is 19.3. The predicted octanol–water partition coefficient (Wildman–Crippen LogP) is 5.54. The summed E-state index contributed by atoms with van der Waals surface area (Å²) in [4.78, 5) is 0. The summed E-state index contributed by atoms with van der Waals surface area (Å²) in [6, 6.07) is 11.7. The van der Waals surface area contributed by atoms with Crippen LogP contribution in [0.3, 0.4) is 0 Å². The van der Waals surface area contributed by atoms with Gasteiger partial charge < -0.3 is 18.9 Å². The van der Waals surface area contributed by atoms with Crippen molar-refractivity contribution in [2.75, 3.05) is 21.0 Å². The molecule has 0 spiro atoms. The molecule has 0 aliphatic heterocycles. The molecule has 4 heteroatoms. The molecule has 0 saturated heterocycles. The van der Waals surface area contributed by atoms with Gasteiger partial charge in [0.2, 0.25) is 6.79 Å². The maximum Gasteiger partial charge on any atom is 0.231 e. The summed E-state index contributed by atoms with van der Waals surface area (Å²) in [7, 11) is 3.34. The Balaban J connectivity index is 2.12. The molecule has 0 fully saturated rings. The van der Waals surface area contributed by atoms with E-state index in [0.29, 0.717) is 11.7 Å². The minimum absolute atomic E-state index is 0.0340. The normalized spacial score (nSPS) is 11.4. The van der Waals surface area contributed by atoms with Gasteiger partial charge in [0.05, 0.1) is 14.2 Å². The number of rotatable bonds is 7. The fourth-order valence-corrected chi connectivity index (χ4v) is 2.85. The average molecular weight is 358 g/mol. The molecule has 0 radical (unpaired) electrons. The lowest BCUT2D eigenvalue weighted by atomic mass is 9.86. The molecule has 0 atom stereocenters. The van der Waals surface area contributed by atoms with Crippen LogP contribution in [0.4, 0.5) is 0 Å². The zero-order valence-electron chi connectivity index (χ0n) is 16.9. The first kappa shape index (κ1) is 20.0. The second kappa shape index (κ2) is 8.35. The Hall–Kier alpha value is -2.36. The number of ether oxygens (including phenoxy) is 4. The van der Waals surface area contributed by atoms with Crippen LogP contribution < -0.4 is 18.9 Å². The van der Waals surface area contributed by atoms with Crippen LogP contribution in [0.5, 0.6) is 23.0 Å². The molecule has 0 bridgehead atoms. The van der Waals surface area contributed by atoms with Gasteiger partial charge in [-0.25, -0.2) is 0 Å². The van der Waals surface area contributed by atoms with Crippen molar-refractivity contribution in [2.24, 2.45) is 0 Å². The van der Waals surface area contributed by atoms with Crippen LogP contribution in [-0.4, -0.2) is 21.0 Å². The summed E-state index contributed by atoms with van der Waals surface area (Å²) in [5.41, 5.74) is 2.18. The maximum absolute atomic E-state index is 5.85. The molecule has 142 valence electrons. The largest absolute Gasteiger partial charge is 0.496 e. The monoisotopic (exact) mass is 358 g/mol. The first-order chi connectivity index (χ1) is 12.3. The van der Waals surface area contributed by atoms with Crippen molar-refractivity contribution in [3.05, 3.63) is 47.5 Å². The molecule has 0 unspecified atom stereocenters. The van der Waals surface area contributed by atoms with Gasteiger partial charge in [-0.05, 0) is 35.6 Å². The molecule has 4 nitrogen and oxygen atoms in total. The van der Waals surface area contributed by atoms with E-state index in [4.69, 9.17) is 18.9 Å². The lowest BCUT2D eigenvalue weighted by Crippen LogP contribution is -2.14. The predicted molar refractivity (Wildman–Crippen MR) is 105 cm³/mol. The molecule has 0 aliphatic rings. The zero-order valence-corrected chi connectivity index (χ0v) is 16.9. The minimum Gasteiger partial charge on any atom is -0.496 e. The molecule has 2 aromatic carbocycles. The Morgan fingerprint density at radius 1 is 0.885 bits per heavy atom. The fourth-order valence-electron chi connectivity index (χ4n) is 2.85. The van der Waals surface area contributed by atoms with Gasteiger partial charge >= 0.3 is 0 Å². The summed E-state index contributed by atoms with van der Waals surface area (Å²) >= 11 is 0. The van der Waals surface area contributed by atoms with E-state index in [1.165, 1.54) is 0 Å². The van der Waals surface area contributed by atoms with E-state index in [0.717, 1.165) is 28.4 Å². The Labute approximate surface area is 157 Å². The first-order valence-electron chi connectivity index (χ1n) is 8.89. The Bertz CT molecular complexity index is 729. The van der Waals surface area contributed by atoms with E-state index in [1.54, 1.807) is 14.2 Å². The van der Waals surface area contributed by atoms with E-state index in [2.05, 4.69) is 40.7 Å². The summed E-state index contributed by atoms with van der Waals surface area (Å²) in [5.74, 6) is 3.39. The summed E-state index contributed by atoms with van der Waals surface area (Å²) in [6.45, 7) is 10.8. The molecule has 2 aromatic rings. The van der Waals surface area contributed by atoms with Gasteiger partial charge in [-0.3, -0.25) is 0 Å². The van der Waals surface area contributed by atoms with Crippen molar-refractivity contribution in [2.45, 2.75) is 46.0 Å². The second-order valence-electron chi connectivity index (χ2n) is 7.55. The van der Waals surface area contributed by atoms with Crippen molar-refractivity contribution in [3.8, 4) is 23.0 Å². The molecule has 0 aromatic heterocycles. The number of para-hydroxylation sites is 1. The van der Waals surface area contributed by atoms with Gasteiger partial charge in [0.15, 0.2) is 11.5 Å². The van der Waals surface area contributed by atoms with Crippen LogP contribution in [0, 0.1) is 0 Å². The van der Waals surface area contributed by atoms with Crippen LogP contribution in [0.2, 0.25) is 0 Å². The number of hydrogen-bond acceptors (Lipinski definition) is 4. The lowest BCUT2D eigenvalue weighted by molar-refractivity contribution is 0.115. The highest BCUT2D eigenvalue weighted by Gasteiger charge is 2.21. The summed E-state index contributed by atoms with van der Waals surface area (Å²) in [5, 5.41) is 0. The van der Waals surface area contributed by atoms with Crippen molar-refractivity contribution >= 4 is 0 Å². The summed E-state index contributed by atoms with van der Waals surface area (Å²) < 4.78 is 22.6. The van der Waals surface area contributed by atoms with E-state index in [-0.39, 0.29) is 12.2 Å². The second-order valence-corrected chi connectivity index (χ2v) is 7.55. The van der Waals surface area contributed by atoms with Crippen LogP contribution in [0.25, 0.3) is 0 Å². The van der Waals surface area contributed by atoms with Gasteiger partial charge in [-0.1, -0.05) is 46.8 Å². The van der Waals surface area contributed by atoms with E-state index < -0.39 is 0 Å². The minimum atomic E-state index is -0.0340. The topological polar surface area (TPSA) is 36.9 Å². The Morgan fingerprint density at radius 3 is 2.19 bits per heavy atom. The third-order valence-electron chi connectivity index (χ3n) is 4.25. The van der Waals surface area contributed by atoms with E-state index in [1.807, 2.05) is 30.3 Å². The Kier molecular flexibility index (Phi) is 6.41. The van der Waals surface area contributed by atoms with E-state index >= 15 is 0 Å². The smallest absolute Gasteiger partial charge is 0.231 e. The third-order valence-corrected chi connectivity index (χ3v) is 4.25. The molecule has 0 amide bonds. The van der Waals surface area contributed by atoms with Crippen molar-refractivity contribution < 1.29 is 18.9 Å². The van der Waals surface area contributed by atoms with Gasteiger partial charge in [0.1, 0.15) is 11.5 Å². The van der Waals surface area contributed by atoms with Crippen molar-refractivity contribution in [3.63, 3.8) is 0 Å². The number of benzene rings is 2. The van der Waals surface area contributed by atoms with Crippen LogP contribution in [0.1, 0.15) is 51.7 Å². The maximum atomic E-state index is 5.85. The standard InChI is InChI=1S/C22H30O4/c1-15(2)17-13-16(11-12-19(17)23-6)25-14-26-20-10-8-9-18(21(20)24-7)22(3,4)5/h8-13,15H,14H2,1-7H3. The molecule has 0 aliphatic carbocycles. The van der Waals surface area contributed by atoms with Crippen molar-refractivity contribution in [1.29, 1.82) is 0 Å². The highest BCUT2D eigenvalue weighted by atomic mass is 16.7. The van der Waals surface area contributed by atoms with Crippen LogP contribution in [-0.2, 0) is 5.41 Å². The average Bonchev–Trinajstić information content (AvgIpc) is 2.60. The highest BCUT2D eigenvalue weighted by molar-refractivity contribution is 5.49. The van der Waals surface area contributed by atoms with Crippen LogP contribution >= 0.6 is 0 Å². The van der Waals surface area contributed by atoms with Gasteiger partial charge in [0, 0.05) is 11.1 Å². The summed E-state index contributed by atoms with van der Waals surface area (Å²) in [6.07, 6.45) is 0. The fraction of sp³-hybridized carbons (Fsp3) is 0.455. The lowest BCUT2D eigenvalue weighted by Gasteiger charge is -2.23. The third kappa shape index (κ3) is 4.63. The SMILES string of the molecule is COc1ccc(OCOc2cccc(C(C)(C)C)c2OC)cc1C(C)C. The van der Waals surface area contributed by atoms with Crippen LogP contribution in [0.15, 0.2) is 36.4 Å². The van der Waals surface area contributed by atoms with E-state index in [9.17, 15) is 0 Å². The molecular weight excluding hydrogens is 328 g/mol. The molecule has 0 saturated carbocycles. The highest BCUT2D eigenvalue weighted by Crippen LogP contribution is 2.38.